The van der Waals surface area contributed by atoms with Gasteiger partial charge in [-0.3, -0.25) is 9.10 Å². The number of fused-ring (bicyclic) bond motifs is 3. The number of amides is 1. The molecule has 35 heavy (non-hydrogen) atoms. The highest BCUT2D eigenvalue weighted by Gasteiger charge is 2.41. The average molecular weight is 487 g/mol. The van der Waals surface area contributed by atoms with E-state index in [4.69, 9.17) is 4.74 Å². The Labute approximate surface area is 202 Å². The highest BCUT2D eigenvalue weighted by Crippen LogP contribution is 2.41. The number of anilines is 1. The minimum Gasteiger partial charge on any atom is -0.505 e. The fraction of sp³-hybridized carbons (Fsp3) is 0.0741. The molecule has 8 heteroatoms. The van der Waals surface area contributed by atoms with E-state index in [9.17, 15) is 18.3 Å². The Morgan fingerprint density at radius 1 is 0.943 bits per heavy atom. The highest BCUT2D eigenvalue weighted by molar-refractivity contribution is 7.89. The summed E-state index contributed by atoms with van der Waals surface area (Å²) in [6, 6.07) is 25.9. The number of carbonyl (C=O) groups is 1. The van der Waals surface area contributed by atoms with E-state index in [2.05, 4.69) is 5.32 Å². The zero-order valence-corrected chi connectivity index (χ0v) is 19.6. The number of hydrogen-bond acceptors (Lipinski definition) is 5. The predicted molar refractivity (Wildman–Crippen MR) is 134 cm³/mol. The van der Waals surface area contributed by atoms with Gasteiger partial charge in [0.1, 0.15) is 10.6 Å². The molecule has 0 unspecified atom stereocenters. The lowest BCUT2D eigenvalue weighted by Crippen LogP contribution is -2.39. The van der Waals surface area contributed by atoms with Crippen LogP contribution in [-0.2, 0) is 21.4 Å². The first-order chi connectivity index (χ1) is 16.9. The zero-order chi connectivity index (χ0) is 24.6. The van der Waals surface area contributed by atoms with Crippen LogP contribution in [0.2, 0.25) is 0 Å². The number of aliphatic hydroxyl groups excluding tert-OH is 1. The highest BCUT2D eigenvalue weighted by atomic mass is 32.2. The van der Waals surface area contributed by atoms with Crippen LogP contribution in [0.3, 0.4) is 0 Å². The lowest BCUT2D eigenvalue weighted by molar-refractivity contribution is -0.113. The Kier molecular flexibility index (Phi) is 5.66. The van der Waals surface area contributed by atoms with Gasteiger partial charge in [0.15, 0.2) is 11.5 Å². The van der Waals surface area contributed by atoms with E-state index in [-0.39, 0.29) is 22.7 Å². The maximum Gasteiger partial charge on any atom is 0.276 e. The third-order valence-electron chi connectivity index (χ3n) is 5.87. The number of nitrogens with one attached hydrogen (secondary N) is 1. The number of ether oxygens (including phenoxy) is 1. The van der Waals surface area contributed by atoms with Gasteiger partial charge in [0.05, 0.1) is 13.7 Å². The Morgan fingerprint density at radius 3 is 2.46 bits per heavy atom. The maximum absolute atomic E-state index is 14.0. The summed E-state index contributed by atoms with van der Waals surface area (Å²) in [5.74, 6) is -0.638. The van der Waals surface area contributed by atoms with Gasteiger partial charge in [-0.25, -0.2) is 8.42 Å². The molecular formula is C27H22N2O5S. The molecule has 0 saturated carbocycles. The van der Waals surface area contributed by atoms with Crippen LogP contribution >= 0.6 is 0 Å². The van der Waals surface area contributed by atoms with Gasteiger partial charge >= 0.3 is 0 Å². The number of carbonyl (C=O) groups excluding carboxylic acids is 1. The molecule has 1 amide bonds. The van der Waals surface area contributed by atoms with Crippen LogP contribution in [0.4, 0.5) is 5.69 Å². The summed E-state index contributed by atoms with van der Waals surface area (Å²) in [5, 5.41) is 15.2. The fourth-order valence-corrected chi connectivity index (χ4v) is 6.06. The minimum atomic E-state index is -4.21. The van der Waals surface area contributed by atoms with Crippen molar-refractivity contribution in [1.29, 1.82) is 0 Å². The first kappa shape index (κ1) is 22.5. The second-order valence-corrected chi connectivity index (χ2v) is 9.84. The van der Waals surface area contributed by atoms with Crippen molar-refractivity contribution in [2.75, 3.05) is 12.4 Å². The monoisotopic (exact) mass is 486 g/mol. The molecule has 1 aliphatic rings. The lowest BCUT2D eigenvalue weighted by Gasteiger charge is -2.32. The number of nitrogens with zero attached hydrogens (tertiary/aromatic N) is 1. The maximum atomic E-state index is 14.0. The van der Waals surface area contributed by atoms with Crippen molar-refractivity contribution in [3.63, 3.8) is 0 Å². The molecule has 0 atom stereocenters. The van der Waals surface area contributed by atoms with Crippen molar-refractivity contribution >= 4 is 38.1 Å². The van der Waals surface area contributed by atoms with Gasteiger partial charge in [-0.2, -0.15) is 0 Å². The Balaban J connectivity index is 1.69. The third-order valence-corrected chi connectivity index (χ3v) is 7.72. The van der Waals surface area contributed by atoms with Gasteiger partial charge in [-0.15, -0.1) is 0 Å². The smallest absolute Gasteiger partial charge is 0.276 e. The second kappa shape index (κ2) is 8.81. The van der Waals surface area contributed by atoms with E-state index < -0.39 is 21.7 Å². The van der Waals surface area contributed by atoms with Crippen molar-refractivity contribution in [1.82, 2.24) is 4.31 Å². The van der Waals surface area contributed by atoms with Gasteiger partial charge in [0, 0.05) is 22.7 Å². The van der Waals surface area contributed by atoms with E-state index in [1.54, 1.807) is 72.8 Å². The molecule has 2 N–H and O–H groups in total. The molecule has 0 fully saturated rings. The number of rotatable bonds is 5. The van der Waals surface area contributed by atoms with Crippen LogP contribution in [0.15, 0.2) is 102 Å². The van der Waals surface area contributed by atoms with Crippen molar-refractivity contribution < 1.29 is 23.1 Å². The molecule has 0 saturated heterocycles. The van der Waals surface area contributed by atoms with Crippen LogP contribution < -0.4 is 10.1 Å². The molecule has 0 aromatic heterocycles. The Morgan fingerprint density at radius 2 is 1.69 bits per heavy atom. The van der Waals surface area contributed by atoms with E-state index in [0.29, 0.717) is 27.8 Å². The summed E-state index contributed by atoms with van der Waals surface area (Å²) in [6.45, 7) is -0.128. The molecule has 1 heterocycles. The average Bonchev–Trinajstić information content (AvgIpc) is 2.87. The van der Waals surface area contributed by atoms with Crippen molar-refractivity contribution in [2.45, 2.75) is 11.4 Å². The summed E-state index contributed by atoms with van der Waals surface area (Å²) in [6.07, 6.45) is 0. The molecule has 0 aliphatic carbocycles. The first-order valence-corrected chi connectivity index (χ1v) is 12.3. The molecule has 176 valence electrons. The van der Waals surface area contributed by atoms with Crippen LogP contribution in [-0.4, -0.2) is 30.8 Å². The molecule has 0 spiro atoms. The number of benzene rings is 4. The molecular weight excluding hydrogens is 464 g/mol. The molecule has 0 bridgehead atoms. The van der Waals surface area contributed by atoms with Crippen LogP contribution in [0.1, 0.15) is 11.1 Å². The predicted octanol–water partition coefficient (Wildman–Crippen LogP) is 4.92. The largest absolute Gasteiger partial charge is 0.505 e. The number of hydrogen-bond donors (Lipinski definition) is 2. The normalized spacial score (nSPS) is 14.5. The molecule has 4 aromatic carbocycles. The van der Waals surface area contributed by atoms with Crippen molar-refractivity contribution in [2.24, 2.45) is 0 Å². The van der Waals surface area contributed by atoms with Crippen LogP contribution in [0.5, 0.6) is 5.75 Å². The van der Waals surface area contributed by atoms with E-state index in [0.717, 1.165) is 4.31 Å². The van der Waals surface area contributed by atoms with Gasteiger partial charge in [0.25, 0.3) is 15.9 Å². The molecule has 7 nitrogen and oxygen atoms in total. The van der Waals surface area contributed by atoms with Crippen molar-refractivity contribution in [3.05, 3.63) is 108 Å². The van der Waals surface area contributed by atoms with Gasteiger partial charge in [0.2, 0.25) is 0 Å². The van der Waals surface area contributed by atoms with Crippen LogP contribution in [0.25, 0.3) is 16.5 Å². The summed E-state index contributed by atoms with van der Waals surface area (Å²) in [7, 11) is -2.70. The quantitative estimate of drug-likeness (QED) is 0.418. The summed E-state index contributed by atoms with van der Waals surface area (Å²) in [4.78, 5) is 13.4. The standard InChI is InChI=1S/C27H22N2O5S/c1-34-21-12-7-11-20(16-21)28-27(31)24-25(30)23-15-14-19-10-5-6-13-22(19)26(23)35(32,33)29(24)17-18-8-3-2-4-9-18/h2-16,30H,17H2,1H3,(H,28,31). The lowest BCUT2D eigenvalue weighted by atomic mass is 10.0. The molecule has 5 rings (SSSR count). The van der Waals surface area contributed by atoms with Crippen LogP contribution in [0, 0.1) is 0 Å². The molecule has 0 radical (unpaired) electrons. The van der Waals surface area contributed by atoms with Gasteiger partial charge in [-0.05, 0) is 29.1 Å². The zero-order valence-electron chi connectivity index (χ0n) is 18.8. The first-order valence-electron chi connectivity index (χ1n) is 10.9. The Hall–Kier alpha value is -4.30. The molecule has 4 aromatic rings. The summed E-state index contributed by atoms with van der Waals surface area (Å²) < 4.78 is 34.2. The SMILES string of the molecule is COc1cccc(NC(=O)C2=C(O)c3ccc4ccccc4c3S(=O)(=O)N2Cc2ccccc2)c1. The van der Waals surface area contributed by atoms with E-state index in [1.807, 2.05) is 12.1 Å². The third kappa shape index (κ3) is 3.98. The fourth-order valence-electron chi connectivity index (χ4n) is 4.21. The van der Waals surface area contributed by atoms with Gasteiger partial charge in [-0.1, -0.05) is 66.7 Å². The summed E-state index contributed by atoms with van der Waals surface area (Å²) >= 11 is 0. The minimum absolute atomic E-state index is 0.0260. The Bertz CT molecular complexity index is 1580. The summed E-state index contributed by atoms with van der Waals surface area (Å²) in [5.41, 5.74) is 0.804. The van der Waals surface area contributed by atoms with Crippen molar-refractivity contribution in [3.8, 4) is 5.75 Å². The number of sulfonamides is 1. The van der Waals surface area contributed by atoms with E-state index >= 15 is 0 Å². The van der Waals surface area contributed by atoms with E-state index in [1.165, 1.54) is 13.2 Å². The number of aliphatic hydroxyl groups is 1. The molecule has 1 aliphatic heterocycles. The number of methoxy groups -OCH3 is 1. The topological polar surface area (TPSA) is 95.9 Å². The second-order valence-electron chi connectivity index (χ2n) is 8.04. The van der Waals surface area contributed by atoms with Gasteiger partial charge < -0.3 is 15.2 Å².